The highest BCUT2D eigenvalue weighted by Crippen LogP contribution is 2.29. The number of carbonyl (C=O) groups is 1. The Hall–Kier alpha value is -2.75. The first kappa shape index (κ1) is 19.0. The summed E-state index contributed by atoms with van der Waals surface area (Å²) in [6, 6.07) is 6.17. The van der Waals surface area contributed by atoms with E-state index in [0.717, 1.165) is 17.1 Å². The van der Waals surface area contributed by atoms with Gasteiger partial charge in [0.1, 0.15) is 5.75 Å². The van der Waals surface area contributed by atoms with E-state index in [4.69, 9.17) is 14.6 Å². The first-order valence-corrected chi connectivity index (χ1v) is 8.25. The Morgan fingerprint density at radius 3 is 2.74 bits per heavy atom. The van der Waals surface area contributed by atoms with Gasteiger partial charge in [0.15, 0.2) is 0 Å². The number of amides is 1. The number of hydrogen-bond acceptors (Lipinski definition) is 4. The van der Waals surface area contributed by atoms with E-state index in [0.29, 0.717) is 31.1 Å². The molecule has 0 saturated carbocycles. The van der Waals surface area contributed by atoms with Crippen molar-refractivity contribution in [2.75, 3.05) is 19.8 Å². The van der Waals surface area contributed by atoms with Gasteiger partial charge in [0.05, 0.1) is 30.7 Å². The number of carboxylic acid groups (broad SMARTS) is 1. The zero-order valence-electron chi connectivity index (χ0n) is 14.1. The Labute approximate surface area is 152 Å². The molecule has 146 valence electrons. The molecular formula is C17H18F3N3O4. The summed E-state index contributed by atoms with van der Waals surface area (Å²) in [5.41, 5.74) is -0.360. The highest BCUT2D eigenvalue weighted by atomic mass is 19.4. The number of ether oxygens (including phenoxy) is 2. The standard InChI is InChI=1S/C17H18F3N3O4/c18-17(19,20)12-7-21-23(8-12)13-1-3-14(4-2-13)27-10-11-9-26-6-5-15(11)22-16(24)25/h1-4,7-8,11,15,22H,5-6,9-10H2,(H,24,25)/t11-,15+/m1/s1. The molecule has 1 fully saturated rings. The van der Waals surface area contributed by atoms with E-state index in [9.17, 15) is 18.0 Å². The van der Waals surface area contributed by atoms with Crippen LogP contribution in [0.2, 0.25) is 0 Å². The molecule has 2 N–H and O–H groups in total. The molecule has 0 aliphatic carbocycles. The topological polar surface area (TPSA) is 85.6 Å². The molecular weight excluding hydrogens is 367 g/mol. The maximum Gasteiger partial charge on any atom is 0.419 e. The van der Waals surface area contributed by atoms with Crippen LogP contribution in [-0.4, -0.2) is 46.8 Å². The fourth-order valence-corrected chi connectivity index (χ4v) is 2.82. The Morgan fingerprint density at radius 2 is 2.11 bits per heavy atom. The quantitative estimate of drug-likeness (QED) is 0.827. The average molecular weight is 385 g/mol. The number of nitrogens with zero attached hydrogens (tertiary/aromatic N) is 2. The van der Waals surface area contributed by atoms with Crippen LogP contribution in [0.4, 0.5) is 18.0 Å². The monoisotopic (exact) mass is 385 g/mol. The van der Waals surface area contributed by atoms with Crippen LogP contribution in [0.1, 0.15) is 12.0 Å². The Balaban J connectivity index is 1.60. The lowest BCUT2D eigenvalue weighted by molar-refractivity contribution is -0.137. The molecule has 1 aromatic carbocycles. The number of halogens is 3. The van der Waals surface area contributed by atoms with E-state index >= 15 is 0 Å². The molecule has 0 radical (unpaired) electrons. The van der Waals surface area contributed by atoms with Crippen molar-refractivity contribution in [2.24, 2.45) is 5.92 Å². The number of nitrogens with one attached hydrogen (secondary N) is 1. The molecule has 7 nitrogen and oxygen atoms in total. The number of rotatable bonds is 5. The molecule has 0 unspecified atom stereocenters. The normalized spacial score (nSPS) is 20.3. The third-order valence-electron chi connectivity index (χ3n) is 4.26. The molecule has 0 spiro atoms. The second-order valence-corrected chi connectivity index (χ2v) is 6.16. The number of benzene rings is 1. The number of alkyl halides is 3. The number of hydrogen-bond donors (Lipinski definition) is 2. The van der Waals surface area contributed by atoms with E-state index in [2.05, 4.69) is 10.4 Å². The lowest BCUT2D eigenvalue weighted by atomic mass is 9.97. The summed E-state index contributed by atoms with van der Waals surface area (Å²) in [4.78, 5) is 10.9. The molecule has 2 heterocycles. The predicted octanol–water partition coefficient (Wildman–Crippen LogP) is 2.94. The Kier molecular flexibility index (Phi) is 5.54. The molecule has 1 aromatic heterocycles. The van der Waals surface area contributed by atoms with Crippen LogP contribution in [0.15, 0.2) is 36.7 Å². The molecule has 3 rings (SSSR count). The smallest absolute Gasteiger partial charge is 0.419 e. The second-order valence-electron chi connectivity index (χ2n) is 6.16. The molecule has 1 aliphatic heterocycles. The van der Waals surface area contributed by atoms with Gasteiger partial charge in [-0.3, -0.25) is 0 Å². The van der Waals surface area contributed by atoms with Gasteiger partial charge in [0.25, 0.3) is 0 Å². The van der Waals surface area contributed by atoms with Crippen molar-refractivity contribution in [1.29, 1.82) is 0 Å². The summed E-state index contributed by atoms with van der Waals surface area (Å²) in [5, 5.41) is 15.1. The third-order valence-corrected chi connectivity index (χ3v) is 4.26. The fourth-order valence-electron chi connectivity index (χ4n) is 2.82. The predicted molar refractivity (Wildman–Crippen MR) is 87.9 cm³/mol. The van der Waals surface area contributed by atoms with Crippen molar-refractivity contribution in [1.82, 2.24) is 15.1 Å². The molecule has 27 heavy (non-hydrogen) atoms. The molecule has 0 bridgehead atoms. The molecule has 1 aliphatic rings. The lowest BCUT2D eigenvalue weighted by Gasteiger charge is -2.31. The summed E-state index contributed by atoms with van der Waals surface area (Å²) in [7, 11) is 0. The molecule has 2 atom stereocenters. The second kappa shape index (κ2) is 7.87. The van der Waals surface area contributed by atoms with Crippen LogP contribution >= 0.6 is 0 Å². The summed E-state index contributed by atoms with van der Waals surface area (Å²) < 4.78 is 50.1. The van der Waals surface area contributed by atoms with Crippen molar-refractivity contribution in [2.45, 2.75) is 18.6 Å². The van der Waals surface area contributed by atoms with Crippen LogP contribution in [0.5, 0.6) is 5.75 Å². The van der Waals surface area contributed by atoms with E-state index in [1.54, 1.807) is 24.3 Å². The minimum Gasteiger partial charge on any atom is -0.493 e. The molecule has 1 amide bonds. The first-order chi connectivity index (χ1) is 12.8. The summed E-state index contributed by atoms with van der Waals surface area (Å²) in [6.45, 7) is 1.13. The van der Waals surface area contributed by atoms with Gasteiger partial charge < -0.3 is 19.9 Å². The maximum atomic E-state index is 12.6. The van der Waals surface area contributed by atoms with Crippen LogP contribution in [0.25, 0.3) is 5.69 Å². The minimum atomic E-state index is -4.44. The van der Waals surface area contributed by atoms with E-state index < -0.39 is 17.8 Å². The third kappa shape index (κ3) is 4.91. The van der Waals surface area contributed by atoms with Crippen LogP contribution < -0.4 is 10.1 Å². The zero-order valence-corrected chi connectivity index (χ0v) is 14.1. The largest absolute Gasteiger partial charge is 0.493 e. The summed E-state index contributed by atoms with van der Waals surface area (Å²) in [5.74, 6) is 0.386. The molecule has 2 aromatic rings. The van der Waals surface area contributed by atoms with E-state index in [-0.39, 0.29) is 18.6 Å². The molecule has 1 saturated heterocycles. The van der Waals surface area contributed by atoms with Gasteiger partial charge in [-0.05, 0) is 30.7 Å². The van der Waals surface area contributed by atoms with E-state index in [1.807, 2.05) is 0 Å². The summed E-state index contributed by atoms with van der Waals surface area (Å²) >= 11 is 0. The van der Waals surface area contributed by atoms with Gasteiger partial charge in [-0.25, -0.2) is 9.48 Å². The number of aromatic nitrogens is 2. The van der Waals surface area contributed by atoms with Crippen molar-refractivity contribution in [3.8, 4) is 11.4 Å². The maximum absolute atomic E-state index is 12.6. The SMILES string of the molecule is O=C(O)N[C@H]1CCOC[C@@H]1COc1ccc(-n2cc(C(F)(F)F)cn2)cc1. The lowest BCUT2D eigenvalue weighted by Crippen LogP contribution is -2.47. The van der Waals surface area contributed by atoms with Crippen LogP contribution in [-0.2, 0) is 10.9 Å². The van der Waals surface area contributed by atoms with Crippen molar-refractivity contribution in [3.63, 3.8) is 0 Å². The fraction of sp³-hybridized carbons (Fsp3) is 0.412. The minimum absolute atomic E-state index is 0.130. The molecule has 10 heteroatoms. The van der Waals surface area contributed by atoms with Gasteiger partial charge in [0, 0.05) is 24.8 Å². The van der Waals surface area contributed by atoms with Crippen molar-refractivity contribution < 1.29 is 32.5 Å². The van der Waals surface area contributed by atoms with E-state index in [1.165, 1.54) is 0 Å². The summed E-state index contributed by atoms with van der Waals surface area (Å²) in [6.07, 6.45) is -3.28. The van der Waals surface area contributed by atoms with Crippen LogP contribution in [0, 0.1) is 5.92 Å². The Bertz CT molecular complexity index is 776. The van der Waals surface area contributed by atoms with Gasteiger partial charge in [-0.1, -0.05) is 0 Å². The highest BCUT2D eigenvalue weighted by molar-refractivity contribution is 5.64. The van der Waals surface area contributed by atoms with Gasteiger partial charge in [-0.15, -0.1) is 0 Å². The van der Waals surface area contributed by atoms with Gasteiger partial charge in [-0.2, -0.15) is 18.3 Å². The highest BCUT2D eigenvalue weighted by Gasteiger charge is 2.32. The van der Waals surface area contributed by atoms with Gasteiger partial charge >= 0.3 is 12.3 Å². The first-order valence-electron chi connectivity index (χ1n) is 8.25. The average Bonchev–Trinajstić information content (AvgIpc) is 3.11. The van der Waals surface area contributed by atoms with Crippen molar-refractivity contribution in [3.05, 3.63) is 42.2 Å². The van der Waals surface area contributed by atoms with Crippen LogP contribution in [0.3, 0.4) is 0 Å². The Morgan fingerprint density at radius 1 is 1.37 bits per heavy atom. The van der Waals surface area contributed by atoms with Gasteiger partial charge in [0.2, 0.25) is 0 Å². The van der Waals surface area contributed by atoms with Crippen molar-refractivity contribution >= 4 is 6.09 Å². The zero-order chi connectivity index (χ0) is 19.4.